The number of amides is 1. The van der Waals surface area contributed by atoms with Gasteiger partial charge >= 0.3 is 0 Å². The third-order valence-corrected chi connectivity index (χ3v) is 5.24. The molecule has 9 heteroatoms. The molecule has 0 atom stereocenters. The lowest BCUT2D eigenvalue weighted by molar-refractivity contribution is -0.118. The van der Waals surface area contributed by atoms with Gasteiger partial charge in [-0.1, -0.05) is 81.7 Å². The molecular weight excluding hydrogens is 427 g/mol. The van der Waals surface area contributed by atoms with Crippen LogP contribution in [-0.4, -0.2) is 12.5 Å². The zero-order valence-electron chi connectivity index (χ0n) is 11.1. The Morgan fingerprint density at radius 2 is 1.39 bits per heavy atom. The molecule has 0 aromatic heterocycles. The molecule has 0 spiro atoms. The number of ether oxygens (including phenoxy) is 1. The normalized spacial score (nSPS) is 10.5. The molecule has 2 aromatic carbocycles. The molecule has 0 fully saturated rings. The Bertz CT molecular complexity index is 736. The number of hydrogen-bond acceptors (Lipinski definition) is 2. The summed E-state index contributed by atoms with van der Waals surface area (Å²) < 4.78 is 5.31. The molecule has 3 nitrogen and oxygen atoms in total. The number of carbonyl (C=O) groups is 1. The fourth-order valence-corrected chi connectivity index (χ4v) is 3.01. The zero-order valence-corrected chi connectivity index (χ0v) is 15.6. The standard InChI is InChI=1S/C14H7Cl6NO2/c15-6-3-1-2-4-7(6)21-8(22)5-23-14-12(19)10(17)9(16)11(18)13(14)20/h1-4H,5H2,(H,21,22). The maximum absolute atomic E-state index is 11.9. The van der Waals surface area contributed by atoms with Crippen LogP contribution >= 0.6 is 69.6 Å². The highest BCUT2D eigenvalue weighted by atomic mass is 35.5. The van der Waals surface area contributed by atoms with E-state index in [0.717, 1.165) is 0 Å². The molecule has 0 aliphatic heterocycles. The number of hydrogen-bond donors (Lipinski definition) is 1. The van der Waals surface area contributed by atoms with E-state index < -0.39 is 5.91 Å². The average molecular weight is 434 g/mol. The van der Waals surface area contributed by atoms with E-state index in [1.165, 1.54) is 0 Å². The second-order valence-corrected chi connectivity index (χ2v) is 6.51. The van der Waals surface area contributed by atoms with Crippen molar-refractivity contribution in [2.45, 2.75) is 0 Å². The first kappa shape index (κ1) is 18.8. The molecule has 0 aliphatic rings. The van der Waals surface area contributed by atoms with Gasteiger partial charge in [0.1, 0.15) is 10.0 Å². The lowest BCUT2D eigenvalue weighted by atomic mass is 10.3. The highest BCUT2D eigenvalue weighted by Gasteiger charge is 2.21. The van der Waals surface area contributed by atoms with Gasteiger partial charge in [-0.3, -0.25) is 4.79 Å². The van der Waals surface area contributed by atoms with Gasteiger partial charge in [0.25, 0.3) is 5.91 Å². The van der Waals surface area contributed by atoms with Gasteiger partial charge in [-0.25, -0.2) is 0 Å². The van der Waals surface area contributed by atoms with Gasteiger partial charge in [0.2, 0.25) is 0 Å². The molecule has 0 aliphatic carbocycles. The molecule has 0 heterocycles. The van der Waals surface area contributed by atoms with Gasteiger partial charge in [0, 0.05) is 0 Å². The second-order valence-electron chi connectivity index (χ2n) is 4.22. The SMILES string of the molecule is O=C(COc1c(Cl)c(Cl)c(Cl)c(Cl)c1Cl)Nc1ccccc1Cl. The maximum atomic E-state index is 11.9. The molecule has 0 saturated heterocycles. The Balaban J connectivity index is 2.13. The van der Waals surface area contributed by atoms with Crippen molar-refractivity contribution in [3.8, 4) is 5.75 Å². The van der Waals surface area contributed by atoms with Gasteiger partial charge in [-0.15, -0.1) is 0 Å². The third-order valence-electron chi connectivity index (χ3n) is 2.67. The Kier molecular flexibility index (Phi) is 6.55. The van der Waals surface area contributed by atoms with Gasteiger partial charge in [0.15, 0.2) is 12.4 Å². The predicted octanol–water partition coefficient (Wildman–Crippen LogP) is 6.62. The minimum Gasteiger partial charge on any atom is -0.481 e. The molecule has 23 heavy (non-hydrogen) atoms. The molecule has 0 unspecified atom stereocenters. The summed E-state index contributed by atoms with van der Waals surface area (Å²) in [7, 11) is 0. The Morgan fingerprint density at radius 1 is 0.870 bits per heavy atom. The van der Waals surface area contributed by atoms with E-state index in [2.05, 4.69) is 5.32 Å². The highest BCUT2D eigenvalue weighted by molar-refractivity contribution is 6.55. The van der Waals surface area contributed by atoms with Crippen LogP contribution in [0.3, 0.4) is 0 Å². The number of rotatable bonds is 4. The van der Waals surface area contributed by atoms with E-state index in [1.807, 2.05) is 0 Å². The number of para-hydroxylation sites is 1. The molecule has 0 bridgehead atoms. The monoisotopic (exact) mass is 431 g/mol. The number of halogens is 6. The Hall–Kier alpha value is -0.550. The number of benzene rings is 2. The summed E-state index contributed by atoms with van der Waals surface area (Å²) in [4.78, 5) is 11.9. The van der Waals surface area contributed by atoms with Crippen LogP contribution in [0, 0.1) is 0 Å². The van der Waals surface area contributed by atoms with Crippen molar-refractivity contribution < 1.29 is 9.53 Å². The Morgan fingerprint density at radius 3 is 1.96 bits per heavy atom. The third kappa shape index (κ3) is 4.30. The van der Waals surface area contributed by atoms with Crippen LogP contribution in [0.1, 0.15) is 0 Å². The Labute approximate surface area is 162 Å². The van der Waals surface area contributed by atoms with Crippen LogP contribution in [-0.2, 0) is 4.79 Å². The zero-order chi connectivity index (χ0) is 17.1. The summed E-state index contributed by atoms with van der Waals surface area (Å²) in [6, 6.07) is 6.77. The molecular formula is C14H7Cl6NO2. The molecule has 0 saturated carbocycles. The first-order valence-electron chi connectivity index (χ1n) is 6.01. The smallest absolute Gasteiger partial charge is 0.262 e. The summed E-state index contributed by atoms with van der Waals surface area (Å²) in [5, 5.41) is 2.91. The number of anilines is 1. The van der Waals surface area contributed by atoms with Crippen molar-refractivity contribution >= 4 is 81.2 Å². The van der Waals surface area contributed by atoms with Crippen molar-refractivity contribution in [1.29, 1.82) is 0 Å². The molecule has 0 radical (unpaired) electrons. The van der Waals surface area contributed by atoms with E-state index in [4.69, 9.17) is 74.3 Å². The lowest BCUT2D eigenvalue weighted by Crippen LogP contribution is -2.20. The summed E-state index contributed by atoms with van der Waals surface area (Å²) in [6.45, 7) is -0.376. The van der Waals surface area contributed by atoms with Crippen LogP contribution in [0.2, 0.25) is 30.1 Å². The van der Waals surface area contributed by atoms with Crippen LogP contribution in [0.25, 0.3) is 0 Å². The summed E-state index contributed by atoms with van der Waals surface area (Å²) in [6.07, 6.45) is 0. The molecule has 1 N–H and O–H groups in total. The quantitative estimate of drug-likeness (QED) is 0.434. The average Bonchev–Trinajstić information content (AvgIpc) is 2.53. The first-order valence-corrected chi connectivity index (χ1v) is 8.28. The van der Waals surface area contributed by atoms with E-state index >= 15 is 0 Å². The predicted molar refractivity (Wildman–Crippen MR) is 97.1 cm³/mol. The summed E-state index contributed by atoms with van der Waals surface area (Å²) in [5.74, 6) is -0.491. The minimum absolute atomic E-state index is 0.00996. The van der Waals surface area contributed by atoms with Gasteiger partial charge in [-0.05, 0) is 12.1 Å². The molecule has 1 amide bonds. The summed E-state index contributed by atoms with van der Waals surface area (Å²) in [5.41, 5.74) is 0.451. The van der Waals surface area contributed by atoms with Crippen molar-refractivity contribution in [3.63, 3.8) is 0 Å². The van der Waals surface area contributed by atoms with Crippen LogP contribution in [0.15, 0.2) is 24.3 Å². The number of carbonyl (C=O) groups excluding carboxylic acids is 1. The van der Waals surface area contributed by atoms with Crippen molar-refractivity contribution in [2.75, 3.05) is 11.9 Å². The minimum atomic E-state index is -0.465. The lowest BCUT2D eigenvalue weighted by Gasteiger charge is -2.14. The van der Waals surface area contributed by atoms with Gasteiger partial charge in [-0.2, -0.15) is 0 Å². The fourth-order valence-electron chi connectivity index (χ4n) is 1.60. The van der Waals surface area contributed by atoms with Crippen LogP contribution in [0.5, 0.6) is 5.75 Å². The van der Waals surface area contributed by atoms with Gasteiger partial charge < -0.3 is 10.1 Å². The molecule has 2 aromatic rings. The van der Waals surface area contributed by atoms with Crippen LogP contribution < -0.4 is 10.1 Å². The second kappa shape index (κ2) is 8.02. The topological polar surface area (TPSA) is 38.3 Å². The van der Waals surface area contributed by atoms with Gasteiger partial charge in [0.05, 0.1) is 25.8 Å². The van der Waals surface area contributed by atoms with E-state index in [-0.39, 0.29) is 37.5 Å². The van der Waals surface area contributed by atoms with Crippen molar-refractivity contribution in [2.24, 2.45) is 0 Å². The van der Waals surface area contributed by atoms with E-state index in [1.54, 1.807) is 24.3 Å². The summed E-state index contributed by atoms with van der Waals surface area (Å²) >= 11 is 35.7. The van der Waals surface area contributed by atoms with E-state index in [0.29, 0.717) is 10.7 Å². The maximum Gasteiger partial charge on any atom is 0.262 e. The van der Waals surface area contributed by atoms with Crippen molar-refractivity contribution in [1.82, 2.24) is 0 Å². The van der Waals surface area contributed by atoms with Crippen molar-refractivity contribution in [3.05, 3.63) is 54.4 Å². The molecule has 122 valence electrons. The largest absolute Gasteiger partial charge is 0.481 e. The molecule has 2 rings (SSSR count). The number of nitrogens with one attached hydrogen (secondary N) is 1. The fraction of sp³-hybridized carbons (Fsp3) is 0.0714. The van der Waals surface area contributed by atoms with E-state index in [9.17, 15) is 4.79 Å². The first-order chi connectivity index (χ1) is 10.8. The highest BCUT2D eigenvalue weighted by Crippen LogP contribution is 2.48. The van der Waals surface area contributed by atoms with Crippen LogP contribution in [0.4, 0.5) is 5.69 Å².